The number of nitrogens with two attached hydrogens (primary N) is 1. The first-order valence-corrected chi connectivity index (χ1v) is 7.83. The fraction of sp³-hybridized carbons (Fsp3) is 0.600. The summed E-state index contributed by atoms with van der Waals surface area (Å²) in [6.07, 6.45) is 7.12. The van der Waals surface area contributed by atoms with Crippen LogP contribution in [0.1, 0.15) is 42.5 Å². The van der Waals surface area contributed by atoms with Crippen LogP contribution in [0.2, 0.25) is 0 Å². The first kappa shape index (κ1) is 13.8. The molecule has 1 aliphatic carbocycles. The largest absolute Gasteiger partial charge is 0.389 e. The van der Waals surface area contributed by atoms with E-state index in [1.54, 1.807) is 0 Å². The van der Waals surface area contributed by atoms with E-state index in [0.717, 1.165) is 43.8 Å². The van der Waals surface area contributed by atoms with Crippen LogP contribution < -0.4 is 11.1 Å². The third kappa shape index (κ3) is 2.94. The summed E-state index contributed by atoms with van der Waals surface area (Å²) in [6.45, 7) is 1.65. The molecule has 1 aliphatic heterocycles. The van der Waals surface area contributed by atoms with Crippen LogP contribution in [-0.2, 0) is 17.6 Å². The number of ether oxygens (including phenoxy) is 1. The number of aromatic nitrogens is 1. The Bertz CT molecular complexity index is 512. The highest BCUT2D eigenvalue weighted by atomic mass is 32.1. The zero-order valence-corrected chi connectivity index (χ0v) is 12.5. The summed E-state index contributed by atoms with van der Waals surface area (Å²) in [4.78, 5) is 5.14. The van der Waals surface area contributed by atoms with Crippen LogP contribution in [0.4, 0.5) is 5.82 Å². The Morgan fingerprint density at radius 3 is 3.05 bits per heavy atom. The average molecular weight is 291 g/mol. The van der Waals surface area contributed by atoms with Gasteiger partial charge >= 0.3 is 0 Å². The summed E-state index contributed by atoms with van der Waals surface area (Å²) in [5.41, 5.74) is 9.20. The summed E-state index contributed by atoms with van der Waals surface area (Å²) in [6, 6.07) is 2.11. The Labute approximate surface area is 125 Å². The molecular weight excluding hydrogens is 270 g/mol. The summed E-state index contributed by atoms with van der Waals surface area (Å²) in [7, 11) is 0. The van der Waals surface area contributed by atoms with Gasteiger partial charge in [0.25, 0.3) is 0 Å². The van der Waals surface area contributed by atoms with Gasteiger partial charge in [-0.05, 0) is 50.2 Å². The topological polar surface area (TPSA) is 60.2 Å². The molecule has 0 bridgehead atoms. The van der Waals surface area contributed by atoms with Gasteiger partial charge < -0.3 is 15.8 Å². The van der Waals surface area contributed by atoms with E-state index in [1.165, 1.54) is 30.5 Å². The molecule has 108 valence electrons. The molecule has 1 unspecified atom stereocenters. The molecule has 0 radical (unpaired) electrons. The van der Waals surface area contributed by atoms with Crippen molar-refractivity contribution < 1.29 is 4.74 Å². The van der Waals surface area contributed by atoms with Gasteiger partial charge in [0, 0.05) is 18.8 Å². The molecule has 0 amide bonds. The molecule has 5 heteroatoms. The number of pyridine rings is 1. The van der Waals surface area contributed by atoms with Crippen molar-refractivity contribution in [1.29, 1.82) is 0 Å². The first-order valence-electron chi connectivity index (χ1n) is 7.42. The predicted octanol–water partition coefficient (Wildman–Crippen LogP) is 2.19. The van der Waals surface area contributed by atoms with Crippen LogP contribution in [-0.4, -0.2) is 29.2 Å². The second-order valence-electron chi connectivity index (χ2n) is 5.58. The predicted molar refractivity (Wildman–Crippen MR) is 84.2 cm³/mol. The van der Waals surface area contributed by atoms with Gasteiger partial charge in [-0.2, -0.15) is 0 Å². The van der Waals surface area contributed by atoms with Gasteiger partial charge in [-0.25, -0.2) is 4.98 Å². The van der Waals surface area contributed by atoms with Crippen LogP contribution in [0.5, 0.6) is 0 Å². The smallest absolute Gasteiger partial charge is 0.136 e. The monoisotopic (exact) mass is 291 g/mol. The standard InChI is InChI=1S/C15H21N3OS/c16-14(20)12-8-10-4-3-6-13(10)18-15(12)17-9-11-5-1-2-7-19-11/h8,11H,1-7,9H2,(H2,16,20)(H,17,18). The molecule has 2 aliphatic rings. The number of nitrogens with zero attached hydrogens (tertiary/aromatic N) is 1. The highest BCUT2D eigenvalue weighted by molar-refractivity contribution is 7.80. The van der Waals surface area contributed by atoms with E-state index in [2.05, 4.69) is 11.4 Å². The maximum Gasteiger partial charge on any atom is 0.136 e. The maximum atomic E-state index is 5.84. The lowest BCUT2D eigenvalue weighted by atomic mass is 10.1. The minimum absolute atomic E-state index is 0.276. The van der Waals surface area contributed by atoms with Crippen molar-refractivity contribution in [1.82, 2.24) is 4.98 Å². The number of anilines is 1. The maximum absolute atomic E-state index is 5.84. The van der Waals surface area contributed by atoms with Crippen molar-refractivity contribution in [3.63, 3.8) is 0 Å². The summed E-state index contributed by atoms with van der Waals surface area (Å²) < 4.78 is 5.74. The molecule has 4 nitrogen and oxygen atoms in total. The van der Waals surface area contributed by atoms with Gasteiger partial charge in [-0.15, -0.1) is 0 Å². The molecular formula is C15H21N3OS. The minimum atomic E-state index is 0.276. The Kier molecular flexibility index (Phi) is 4.17. The summed E-state index contributed by atoms with van der Waals surface area (Å²) >= 11 is 5.16. The van der Waals surface area contributed by atoms with Crippen LogP contribution >= 0.6 is 12.2 Å². The third-order valence-electron chi connectivity index (χ3n) is 4.09. The minimum Gasteiger partial charge on any atom is -0.389 e. The first-order chi connectivity index (χ1) is 9.74. The van der Waals surface area contributed by atoms with Crippen molar-refractivity contribution in [3.8, 4) is 0 Å². The van der Waals surface area contributed by atoms with E-state index < -0.39 is 0 Å². The molecule has 1 fully saturated rings. The van der Waals surface area contributed by atoms with Gasteiger partial charge in [-0.1, -0.05) is 12.2 Å². The number of hydrogen-bond acceptors (Lipinski definition) is 4. The highest BCUT2D eigenvalue weighted by Crippen LogP contribution is 2.25. The molecule has 1 aromatic heterocycles. The number of rotatable bonds is 4. The third-order valence-corrected chi connectivity index (χ3v) is 4.31. The average Bonchev–Trinajstić information content (AvgIpc) is 2.92. The van der Waals surface area contributed by atoms with Crippen LogP contribution in [0.25, 0.3) is 0 Å². The lowest BCUT2D eigenvalue weighted by Crippen LogP contribution is -2.28. The van der Waals surface area contributed by atoms with E-state index in [-0.39, 0.29) is 6.10 Å². The summed E-state index contributed by atoms with van der Waals surface area (Å²) in [5, 5.41) is 3.39. The molecule has 0 saturated carbocycles. The van der Waals surface area contributed by atoms with Crippen molar-refractivity contribution in [3.05, 3.63) is 22.9 Å². The Balaban J connectivity index is 1.75. The second-order valence-corrected chi connectivity index (χ2v) is 6.02. The normalized spacial score (nSPS) is 21.5. The van der Waals surface area contributed by atoms with E-state index in [9.17, 15) is 0 Å². The lowest BCUT2D eigenvalue weighted by molar-refractivity contribution is 0.0247. The number of nitrogens with one attached hydrogen (secondary N) is 1. The molecule has 1 saturated heterocycles. The number of thiocarbonyl (C=S) groups is 1. The van der Waals surface area contributed by atoms with Crippen LogP contribution in [0.3, 0.4) is 0 Å². The van der Waals surface area contributed by atoms with Crippen molar-refractivity contribution in [2.24, 2.45) is 5.73 Å². The van der Waals surface area contributed by atoms with Crippen LogP contribution in [0, 0.1) is 0 Å². The van der Waals surface area contributed by atoms with E-state index in [1.807, 2.05) is 0 Å². The zero-order chi connectivity index (χ0) is 13.9. The van der Waals surface area contributed by atoms with E-state index in [0.29, 0.717) is 4.99 Å². The van der Waals surface area contributed by atoms with E-state index >= 15 is 0 Å². The molecule has 1 aromatic rings. The zero-order valence-electron chi connectivity index (χ0n) is 11.7. The van der Waals surface area contributed by atoms with Gasteiger partial charge in [0.05, 0.1) is 11.7 Å². The van der Waals surface area contributed by atoms with Crippen molar-refractivity contribution in [2.45, 2.75) is 44.6 Å². The number of hydrogen-bond donors (Lipinski definition) is 2. The molecule has 1 atom stereocenters. The molecule has 0 aromatic carbocycles. The van der Waals surface area contributed by atoms with Gasteiger partial charge in [0.2, 0.25) is 0 Å². The number of fused-ring (bicyclic) bond motifs is 1. The second kappa shape index (κ2) is 6.06. The highest BCUT2D eigenvalue weighted by Gasteiger charge is 2.19. The Morgan fingerprint density at radius 2 is 2.30 bits per heavy atom. The molecule has 0 spiro atoms. The van der Waals surface area contributed by atoms with Crippen molar-refractivity contribution in [2.75, 3.05) is 18.5 Å². The SMILES string of the molecule is NC(=S)c1cc2c(nc1NCC1CCCCO1)CCC2. The van der Waals surface area contributed by atoms with Crippen LogP contribution in [0.15, 0.2) is 6.07 Å². The molecule has 3 N–H and O–H groups in total. The van der Waals surface area contributed by atoms with E-state index in [4.69, 9.17) is 27.7 Å². The van der Waals surface area contributed by atoms with Crippen molar-refractivity contribution >= 4 is 23.0 Å². The molecule has 20 heavy (non-hydrogen) atoms. The fourth-order valence-corrected chi connectivity index (χ4v) is 3.13. The van der Waals surface area contributed by atoms with Gasteiger partial charge in [0.15, 0.2) is 0 Å². The Hall–Kier alpha value is -1.20. The van der Waals surface area contributed by atoms with Gasteiger partial charge in [-0.3, -0.25) is 0 Å². The molecule has 2 heterocycles. The Morgan fingerprint density at radius 1 is 1.40 bits per heavy atom. The molecule has 3 rings (SSSR count). The number of aryl methyl sites for hydroxylation is 2. The lowest BCUT2D eigenvalue weighted by Gasteiger charge is -2.23. The quantitative estimate of drug-likeness (QED) is 0.833. The fourth-order valence-electron chi connectivity index (χ4n) is 2.97. The summed E-state index contributed by atoms with van der Waals surface area (Å²) in [5.74, 6) is 0.826. The van der Waals surface area contributed by atoms with Gasteiger partial charge in [0.1, 0.15) is 10.8 Å².